The number of carbonyl (C=O) groups is 1. The minimum absolute atomic E-state index is 0.0103. The van der Waals surface area contributed by atoms with Crippen LogP contribution in [0.1, 0.15) is 25.7 Å². The van der Waals surface area contributed by atoms with Gasteiger partial charge in [-0.2, -0.15) is 5.26 Å². The van der Waals surface area contributed by atoms with Crippen LogP contribution in [0.4, 0.5) is 4.79 Å². The summed E-state index contributed by atoms with van der Waals surface area (Å²) in [5.41, 5.74) is 0. The quantitative estimate of drug-likeness (QED) is 0.748. The van der Waals surface area contributed by atoms with E-state index in [2.05, 4.69) is 6.07 Å². The van der Waals surface area contributed by atoms with E-state index in [4.69, 9.17) is 14.5 Å². The number of hydrogen-bond donors (Lipinski definition) is 2. The van der Waals surface area contributed by atoms with Crippen molar-refractivity contribution in [3.8, 4) is 6.07 Å². The Labute approximate surface area is 124 Å². The van der Waals surface area contributed by atoms with Crippen molar-refractivity contribution in [1.82, 2.24) is 4.90 Å². The molecule has 1 aliphatic carbocycles. The highest BCUT2D eigenvalue weighted by Gasteiger charge is 2.42. The van der Waals surface area contributed by atoms with Gasteiger partial charge >= 0.3 is 13.7 Å². The molecule has 0 aromatic heterocycles. The molecule has 2 rings (SSSR count). The standard InChI is InChI=1S/C13H21N2O5P/c1-20-13(16)15-7-10-3-2-9(8-21(17,18)19)4-11(10)5-12(15)6-14/h9-12H,2-5,7-8H2,1H3,(H2,17,18,19)/t9?,10-,11?,12?/m0/s1. The van der Waals surface area contributed by atoms with Gasteiger partial charge in [-0.15, -0.1) is 0 Å². The maximum atomic E-state index is 11.7. The molecule has 21 heavy (non-hydrogen) atoms. The summed E-state index contributed by atoms with van der Waals surface area (Å²) >= 11 is 0. The van der Waals surface area contributed by atoms with Crippen molar-refractivity contribution in [1.29, 1.82) is 5.26 Å². The van der Waals surface area contributed by atoms with Crippen LogP contribution in [0.3, 0.4) is 0 Å². The van der Waals surface area contributed by atoms with Crippen molar-refractivity contribution < 1.29 is 23.9 Å². The molecule has 1 saturated carbocycles. The molecule has 1 amide bonds. The average molecular weight is 316 g/mol. The zero-order chi connectivity index (χ0) is 15.6. The van der Waals surface area contributed by atoms with Crippen LogP contribution in [0, 0.1) is 29.1 Å². The van der Waals surface area contributed by atoms with Gasteiger partial charge in [-0.25, -0.2) is 4.79 Å². The highest BCUT2D eigenvalue weighted by Crippen LogP contribution is 2.46. The summed E-state index contributed by atoms with van der Waals surface area (Å²) in [4.78, 5) is 31.4. The smallest absolute Gasteiger partial charge is 0.410 e. The van der Waals surface area contributed by atoms with E-state index in [0.717, 1.165) is 19.3 Å². The Kier molecular flexibility index (Phi) is 4.92. The third kappa shape index (κ3) is 3.97. The normalized spacial score (nSPS) is 33.0. The molecule has 0 aromatic rings. The number of carbonyl (C=O) groups excluding carboxylic acids is 1. The van der Waals surface area contributed by atoms with Crippen LogP contribution in [-0.2, 0) is 9.30 Å². The summed E-state index contributed by atoms with van der Waals surface area (Å²) in [6.07, 6.45) is 2.34. The second-order valence-corrected chi connectivity index (χ2v) is 7.74. The molecular formula is C13H21N2O5P. The van der Waals surface area contributed by atoms with Gasteiger partial charge in [-0.3, -0.25) is 9.46 Å². The lowest BCUT2D eigenvalue weighted by Crippen LogP contribution is -2.51. The first-order chi connectivity index (χ1) is 9.84. The monoisotopic (exact) mass is 316 g/mol. The number of fused-ring (bicyclic) bond motifs is 1. The molecule has 4 atom stereocenters. The van der Waals surface area contributed by atoms with Crippen molar-refractivity contribution in [2.45, 2.75) is 31.7 Å². The van der Waals surface area contributed by atoms with Crippen molar-refractivity contribution in [3.63, 3.8) is 0 Å². The van der Waals surface area contributed by atoms with Crippen molar-refractivity contribution >= 4 is 13.7 Å². The first-order valence-corrected chi connectivity index (χ1v) is 8.92. The van der Waals surface area contributed by atoms with Gasteiger partial charge in [0.15, 0.2) is 0 Å². The predicted molar refractivity (Wildman–Crippen MR) is 74.4 cm³/mol. The second kappa shape index (κ2) is 6.35. The maximum absolute atomic E-state index is 11.7. The first-order valence-electron chi connectivity index (χ1n) is 7.12. The summed E-state index contributed by atoms with van der Waals surface area (Å²) in [5.74, 6) is 0.554. The molecule has 0 radical (unpaired) electrons. The van der Waals surface area contributed by atoms with Crippen LogP contribution >= 0.6 is 7.60 Å². The Balaban J connectivity index is 2.02. The van der Waals surface area contributed by atoms with Gasteiger partial charge in [-0.05, 0) is 43.4 Å². The highest BCUT2D eigenvalue weighted by molar-refractivity contribution is 7.51. The number of piperidine rings is 1. The summed E-state index contributed by atoms with van der Waals surface area (Å²) in [6, 6.07) is 1.63. The number of nitrogens with zero attached hydrogens (tertiary/aromatic N) is 2. The van der Waals surface area contributed by atoms with E-state index in [1.165, 1.54) is 12.0 Å². The van der Waals surface area contributed by atoms with Gasteiger partial charge in [0.05, 0.1) is 19.3 Å². The number of amides is 1. The van der Waals surface area contributed by atoms with Crippen LogP contribution in [0.5, 0.6) is 0 Å². The Hall–Kier alpha value is -1.09. The fraction of sp³-hybridized carbons (Fsp3) is 0.846. The zero-order valence-corrected chi connectivity index (χ0v) is 12.9. The topological polar surface area (TPSA) is 111 Å². The summed E-state index contributed by atoms with van der Waals surface area (Å²) in [5, 5.41) is 9.22. The predicted octanol–water partition coefficient (Wildman–Crippen LogP) is 1.56. The van der Waals surface area contributed by atoms with Gasteiger partial charge in [-0.1, -0.05) is 0 Å². The van der Waals surface area contributed by atoms with E-state index < -0.39 is 19.7 Å². The van der Waals surface area contributed by atoms with Crippen molar-refractivity contribution in [2.24, 2.45) is 17.8 Å². The summed E-state index contributed by atoms with van der Waals surface area (Å²) in [6.45, 7) is 0.498. The molecule has 2 aliphatic rings. The number of likely N-dealkylation sites (tertiary alicyclic amines) is 1. The molecular weight excluding hydrogens is 295 g/mol. The minimum atomic E-state index is -3.99. The number of methoxy groups -OCH3 is 1. The molecule has 0 aromatic carbocycles. The molecule has 8 heteroatoms. The van der Waals surface area contributed by atoms with E-state index in [1.54, 1.807) is 0 Å². The number of hydrogen-bond acceptors (Lipinski definition) is 4. The van der Waals surface area contributed by atoms with Crippen molar-refractivity contribution in [2.75, 3.05) is 19.8 Å². The lowest BCUT2D eigenvalue weighted by atomic mass is 9.70. The second-order valence-electron chi connectivity index (χ2n) is 6.05. The van der Waals surface area contributed by atoms with Gasteiger partial charge in [0, 0.05) is 6.54 Å². The molecule has 0 spiro atoms. The fourth-order valence-electron chi connectivity index (χ4n) is 3.69. The zero-order valence-electron chi connectivity index (χ0n) is 12.0. The largest absolute Gasteiger partial charge is 0.453 e. The molecule has 0 bridgehead atoms. The fourth-order valence-corrected chi connectivity index (χ4v) is 4.69. The third-order valence-electron chi connectivity index (χ3n) is 4.64. The van der Waals surface area contributed by atoms with Crippen LogP contribution in [0.2, 0.25) is 0 Å². The number of ether oxygens (including phenoxy) is 1. The Morgan fingerprint density at radius 1 is 1.38 bits per heavy atom. The Morgan fingerprint density at radius 3 is 2.67 bits per heavy atom. The molecule has 7 nitrogen and oxygen atoms in total. The summed E-state index contributed by atoms with van der Waals surface area (Å²) in [7, 11) is -2.68. The SMILES string of the molecule is COC(=O)N1C[C@@H]2CCC(CP(=O)(O)O)CC2CC1C#N. The van der Waals surface area contributed by atoms with Gasteiger partial charge in [0.25, 0.3) is 0 Å². The first kappa shape index (κ1) is 16.3. The number of nitriles is 1. The van der Waals surface area contributed by atoms with Crippen LogP contribution in [-0.4, -0.2) is 46.6 Å². The van der Waals surface area contributed by atoms with E-state index in [-0.39, 0.29) is 18.0 Å². The Morgan fingerprint density at radius 2 is 2.10 bits per heavy atom. The van der Waals surface area contributed by atoms with Crippen molar-refractivity contribution in [3.05, 3.63) is 0 Å². The lowest BCUT2D eigenvalue weighted by molar-refractivity contribution is 0.0388. The minimum Gasteiger partial charge on any atom is -0.453 e. The molecule has 2 N–H and O–H groups in total. The van der Waals surface area contributed by atoms with Crippen LogP contribution in [0.15, 0.2) is 0 Å². The van der Waals surface area contributed by atoms with Gasteiger partial charge < -0.3 is 14.5 Å². The van der Waals surface area contributed by atoms with E-state index >= 15 is 0 Å². The van der Waals surface area contributed by atoms with E-state index in [1.807, 2.05) is 0 Å². The molecule has 3 unspecified atom stereocenters. The van der Waals surface area contributed by atoms with Crippen LogP contribution in [0.25, 0.3) is 0 Å². The molecule has 1 aliphatic heterocycles. The molecule has 2 fully saturated rings. The number of rotatable bonds is 2. The van der Waals surface area contributed by atoms with E-state index in [0.29, 0.717) is 18.9 Å². The highest BCUT2D eigenvalue weighted by atomic mass is 31.2. The summed E-state index contributed by atoms with van der Waals surface area (Å²) < 4.78 is 15.9. The Bertz CT molecular complexity index is 485. The maximum Gasteiger partial charge on any atom is 0.410 e. The average Bonchev–Trinajstić information content (AvgIpc) is 2.43. The molecule has 118 valence electrons. The van der Waals surface area contributed by atoms with Crippen LogP contribution < -0.4 is 0 Å². The third-order valence-corrected chi connectivity index (χ3v) is 5.63. The molecule has 1 saturated heterocycles. The molecule has 1 heterocycles. The van der Waals surface area contributed by atoms with Gasteiger partial charge in [0.2, 0.25) is 0 Å². The van der Waals surface area contributed by atoms with E-state index in [9.17, 15) is 14.6 Å². The lowest BCUT2D eigenvalue weighted by Gasteiger charge is -2.45. The van der Waals surface area contributed by atoms with Gasteiger partial charge in [0.1, 0.15) is 6.04 Å².